The Bertz CT molecular complexity index is 853. The molecule has 0 spiro atoms. The van der Waals surface area contributed by atoms with Crippen LogP contribution in [-0.2, 0) is 4.79 Å². The SMILES string of the molecule is CCOc1c(Cl)cc(/C=C2/C(=O)N(c3ccccc3)N=C2C)cc1Cl. The van der Waals surface area contributed by atoms with Crippen molar-refractivity contribution in [3.05, 3.63) is 63.6 Å². The van der Waals surface area contributed by atoms with Crippen molar-refractivity contribution < 1.29 is 9.53 Å². The molecule has 0 radical (unpaired) electrons. The first-order valence-electron chi connectivity index (χ1n) is 7.80. The zero-order valence-corrected chi connectivity index (χ0v) is 15.3. The van der Waals surface area contributed by atoms with Crippen LogP contribution < -0.4 is 9.75 Å². The minimum absolute atomic E-state index is 0.190. The molecular formula is C19H16Cl2N2O2. The lowest BCUT2D eigenvalue weighted by Gasteiger charge is -2.11. The minimum Gasteiger partial charge on any atom is -0.491 e. The van der Waals surface area contributed by atoms with Crippen molar-refractivity contribution in [3.63, 3.8) is 0 Å². The molecule has 0 saturated carbocycles. The van der Waals surface area contributed by atoms with Crippen LogP contribution in [0.3, 0.4) is 0 Å². The molecule has 0 aliphatic carbocycles. The number of halogens is 2. The van der Waals surface area contributed by atoms with E-state index < -0.39 is 0 Å². The Hall–Kier alpha value is -2.30. The largest absolute Gasteiger partial charge is 0.491 e. The van der Waals surface area contributed by atoms with Crippen molar-refractivity contribution in [2.24, 2.45) is 5.10 Å². The zero-order chi connectivity index (χ0) is 18.0. The average molecular weight is 375 g/mol. The molecule has 0 aromatic heterocycles. The van der Waals surface area contributed by atoms with Gasteiger partial charge in [-0.25, -0.2) is 0 Å². The second kappa shape index (κ2) is 7.30. The number of rotatable bonds is 4. The van der Waals surface area contributed by atoms with Crippen molar-refractivity contribution >= 4 is 46.6 Å². The highest BCUT2D eigenvalue weighted by Gasteiger charge is 2.28. The number of benzene rings is 2. The van der Waals surface area contributed by atoms with Gasteiger partial charge in [0.2, 0.25) is 0 Å². The molecule has 1 aliphatic heterocycles. The summed E-state index contributed by atoms with van der Waals surface area (Å²) in [4.78, 5) is 12.7. The van der Waals surface area contributed by atoms with Gasteiger partial charge in [0, 0.05) is 0 Å². The van der Waals surface area contributed by atoms with Gasteiger partial charge < -0.3 is 4.74 Å². The number of ether oxygens (including phenoxy) is 1. The second-order valence-corrected chi connectivity index (χ2v) is 6.26. The average Bonchev–Trinajstić information content (AvgIpc) is 2.87. The van der Waals surface area contributed by atoms with Gasteiger partial charge in [-0.15, -0.1) is 0 Å². The molecule has 25 heavy (non-hydrogen) atoms. The fraction of sp³-hybridized carbons (Fsp3) is 0.158. The molecule has 128 valence electrons. The third-order valence-electron chi connectivity index (χ3n) is 3.68. The number of hydrogen-bond donors (Lipinski definition) is 0. The monoisotopic (exact) mass is 374 g/mol. The Kier molecular flexibility index (Phi) is 5.11. The van der Waals surface area contributed by atoms with Gasteiger partial charge in [-0.1, -0.05) is 41.4 Å². The van der Waals surface area contributed by atoms with E-state index in [-0.39, 0.29) is 5.91 Å². The minimum atomic E-state index is -0.190. The molecule has 0 saturated heterocycles. The van der Waals surface area contributed by atoms with Crippen LogP contribution in [0.1, 0.15) is 19.4 Å². The number of para-hydroxylation sites is 1. The first-order valence-corrected chi connectivity index (χ1v) is 8.55. The third kappa shape index (κ3) is 3.55. The third-order valence-corrected chi connectivity index (χ3v) is 4.25. The number of nitrogens with zero attached hydrogens (tertiary/aromatic N) is 2. The Balaban J connectivity index is 1.95. The van der Waals surface area contributed by atoms with E-state index >= 15 is 0 Å². The lowest BCUT2D eigenvalue weighted by molar-refractivity contribution is -0.114. The summed E-state index contributed by atoms with van der Waals surface area (Å²) in [5.74, 6) is 0.256. The van der Waals surface area contributed by atoms with E-state index in [0.29, 0.717) is 39.2 Å². The summed E-state index contributed by atoms with van der Waals surface area (Å²) in [6.07, 6.45) is 1.73. The second-order valence-electron chi connectivity index (χ2n) is 5.44. The summed E-state index contributed by atoms with van der Waals surface area (Å²) in [5.41, 5.74) is 2.57. The quantitative estimate of drug-likeness (QED) is 0.690. The summed E-state index contributed by atoms with van der Waals surface area (Å²) in [5, 5.41) is 6.55. The summed E-state index contributed by atoms with van der Waals surface area (Å²) >= 11 is 12.5. The molecule has 0 bridgehead atoms. The molecule has 2 aromatic rings. The molecule has 4 nitrogen and oxygen atoms in total. The molecule has 0 atom stereocenters. The Morgan fingerprint density at radius 2 is 1.80 bits per heavy atom. The maximum absolute atomic E-state index is 12.7. The van der Waals surface area contributed by atoms with Crippen LogP contribution in [0.15, 0.2) is 53.1 Å². The molecule has 1 amide bonds. The fourth-order valence-electron chi connectivity index (χ4n) is 2.54. The standard InChI is InChI=1S/C19H16Cl2N2O2/c1-3-25-18-16(20)10-13(11-17(18)21)9-15-12(2)22-23(19(15)24)14-7-5-4-6-8-14/h4-11H,3H2,1-2H3/b15-9+. The lowest BCUT2D eigenvalue weighted by atomic mass is 10.1. The highest BCUT2D eigenvalue weighted by Crippen LogP contribution is 2.35. The predicted molar refractivity (Wildman–Crippen MR) is 103 cm³/mol. The first-order chi connectivity index (χ1) is 12.0. The summed E-state index contributed by atoms with van der Waals surface area (Å²) in [7, 11) is 0. The smallest absolute Gasteiger partial charge is 0.280 e. The van der Waals surface area contributed by atoms with E-state index in [1.54, 1.807) is 25.1 Å². The van der Waals surface area contributed by atoms with E-state index in [9.17, 15) is 4.79 Å². The highest BCUT2D eigenvalue weighted by atomic mass is 35.5. The van der Waals surface area contributed by atoms with Gasteiger partial charge in [0.05, 0.1) is 33.6 Å². The number of carbonyl (C=O) groups excluding carboxylic acids is 1. The molecule has 1 aliphatic rings. The van der Waals surface area contributed by atoms with E-state index in [1.165, 1.54) is 5.01 Å². The van der Waals surface area contributed by atoms with Gasteiger partial charge in [-0.05, 0) is 49.8 Å². The van der Waals surface area contributed by atoms with E-state index in [2.05, 4.69) is 5.10 Å². The molecule has 1 heterocycles. The van der Waals surface area contributed by atoms with Gasteiger partial charge in [-0.3, -0.25) is 4.79 Å². The fourth-order valence-corrected chi connectivity index (χ4v) is 3.15. The molecule has 0 N–H and O–H groups in total. The number of hydrogen-bond acceptors (Lipinski definition) is 3. The van der Waals surface area contributed by atoms with Gasteiger partial charge in [0.15, 0.2) is 5.75 Å². The number of carbonyl (C=O) groups is 1. The maximum Gasteiger partial charge on any atom is 0.280 e. The molecule has 2 aromatic carbocycles. The Morgan fingerprint density at radius 1 is 1.16 bits per heavy atom. The summed E-state index contributed by atoms with van der Waals surface area (Å²) in [6.45, 7) is 4.12. The van der Waals surface area contributed by atoms with Gasteiger partial charge >= 0.3 is 0 Å². The van der Waals surface area contributed by atoms with Gasteiger partial charge in [-0.2, -0.15) is 10.1 Å². The van der Waals surface area contributed by atoms with Gasteiger partial charge in [0.1, 0.15) is 0 Å². The van der Waals surface area contributed by atoms with Crippen molar-refractivity contribution in [2.45, 2.75) is 13.8 Å². The number of anilines is 1. The van der Waals surface area contributed by atoms with Crippen molar-refractivity contribution in [1.82, 2.24) is 0 Å². The number of hydrazone groups is 1. The lowest BCUT2D eigenvalue weighted by Crippen LogP contribution is -2.21. The van der Waals surface area contributed by atoms with Crippen LogP contribution in [0.5, 0.6) is 5.75 Å². The normalized spacial score (nSPS) is 15.7. The highest BCUT2D eigenvalue weighted by molar-refractivity contribution is 6.37. The Labute approximate surface area is 156 Å². The van der Waals surface area contributed by atoms with Crippen molar-refractivity contribution in [3.8, 4) is 5.75 Å². The van der Waals surface area contributed by atoms with Crippen LogP contribution in [-0.4, -0.2) is 18.2 Å². The van der Waals surface area contributed by atoms with Crippen LogP contribution in [0.2, 0.25) is 10.0 Å². The molecule has 0 unspecified atom stereocenters. The zero-order valence-electron chi connectivity index (χ0n) is 13.8. The van der Waals surface area contributed by atoms with Crippen molar-refractivity contribution in [1.29, 1.82) is 0 Å². The van der Waals surface area contributed by atoms with Crippen LogP contribution in [0.4, 0.5) is 5.69 Å². The van der Waals surface area contributed by atoms with Crippen molar-refractivity contribution in [2.75, 3.05) is 11.6 Å². The van der Waals surface area contributed by atoms with Crippen LogP contribution in [0, 0.1) is 0 Å². The summed E-state index contributed by atoms with van der Waals surface area (Å²) < 4.78 is 5.43. The maximum atomic E-state index is 12.7. The van der Waals surface area contributed by atoms with E-state index in [1.807, 2.05) is 37.3 Å². The summed E-state index contributed by atoms with van der Waals surface area (Å²) in [6, 6.07) is 12.7. The van der Waals surface area contributed by atoms with E-state index in [0.717, 1.165) is 5.69 Å². The molecule has 6 heteroatoms. The first kappa shape index (κ1) is 17.5. The Morgan fingerprint density at radius 3 is 2.40 bits per heavy atom. The predicted octanol–water partition coefficient (Wildman–Crippen LogP) is 5.20. The van der Waals surface area contributed by atoms with Crippen LogP contribution in [0.25, 0.3) is 6.08 Å². The van der Waals surface area contributed by atoms with E-state index in [4.69, 9.17) is 27.9 Å². The molecule has 0 fully saturated rings. The topological polar surface area (TPSA) is 41.9 Å². The molecular weight excluding hydrogens is 359 g/mol. The van der Waals surface area contributed by atoms with Crippen LogP contribution >= 0.6 is 23.2 Å². The molecule has 3 rings (SSSR count). The number of amides is 1. The van der Waals surface area contributed by atoms with Gasteiger partial charge in [0.25, 0.3) is 5.91 Å².